The summed E-state index contributed by atoms with van der Waals surface area (Å²) in [5, 5.41) is 4.86. The molecule has 2 aromatic heterocycles. The molecule has 8 rings (SSSR count). The first-order valence-electron chi connectivity index (χ1n) is 13.1. The Kier molecular flexibility index (Phi) is 4.56. The molecule has 5 heteroatoms. The molecular weight excluding hydrogens is 498 g/mol. The van der Waals surface area contributed by atoms with E-state index in [-0.39, 0.29) is 0 Å². The van der Waals surface area contributed by atoms with Crippen molar-refractivity contribution >= 4 is 59.4 Å². The largest absolute Gasteiger partial charge is 0.307 e. The van der Waals surface area contributed by atoms with Crippen LogP contribution in [0.5, 0.6) is 0 Å². The molecule has 0 radical (unpaired) electrons. The second-order valence-electron chi connectivity index (χ2n) is 10.3. The van der Waals surface area contributed by atoms with Gasteiger partial charge >= 0.3 is 0 Å². The highest BCUT2D eigenvalue weighted by Crippen LogP contribution is 2.42. The average molecular weight is 524 g/mol. The summed E-state index contributed by atoms with van der Waals surface area (Å²) in [6.07, 6.45) is 3.76. The quantitative estimate of drug-likeness (QED) is 0.223. The molecule has 1 unspecified atom stereocenters. The number of hydrogen-bond acceptors (Lipinski definition) is 2. The first-order valence-corrected chi connectivity index (χ1v) is 15.0. The minimum atomic E-state index is -2.46. The smallest absolute Gasteiger partial charge is 0.0788 e. The van der Waals surface area contributed by atoms with E-state index in [1.54, 1.807) is 6.26 Å². The zero-order valence-electron chi connectivity index (χ0n) is 21.6. The van der Waals surface area contributed by atoms with E-state index in [1.165, 1.54) is 32.6 Å². The van der Waals surface area contributed by atoms with E-state index in [4.69, 9.17) is 0 Å². The third-order valence-corrected chi connectivity index (χ3v) is 9.65. The topological polar surface area (TPSA) is 39.3 Å². The molecule has 1 aliphatic rings. The summed E-state index contributed by atoms with van der Waals surface area (Å²) in [5.74, 6) is 0. The van der Waals surface area contributed by atoms with E-state index in [2.05, 4.69) is 117 Å². The predicted octanol–water partition coefficient (Wildman–Crippen LogP) is 8.71. The maximum Gasteiger partial charge on any atom is 0.0788 e. The fourth-order valence-corrected chi connectivity index (χ4v) is 7.90. The van der Waals surface area contributed by atoms with E-state index in [9.17, 15) is 4.21 Å². The number of benzene rings is 5. The summed E-state index contributed by atoms with van der Waals surface area (Å²) in [6.45, 7) is 1.92. The van der Waals surface area contributed by atoms with Crippen LogP contribution in [0.1, 0.15) is 12.5 Å². The highest BCUT2D eigenvalue weighted by molar-refractivity contribution is 7.93. The highest BCUT2D eigenvalue weighted by atomic mass is 32.2. The maximum absolute atomic E-state index is 13.3. The molecule has 0 spiro atoms. The van der Waals surface area contributed by atoms with Gasteiger partial charge in [0.1, 0.15) is 0 Å². The van der Waals surface area contributed by atoms with Crippen molar-refractivity contribution in [1.82, 2.24) is 9.13 Å². The van der Waals surface area contributed by atoms with Crippen molar-refractivity contribution in [2.45, 2.75) is 11.8 Å². The van der Waals surface area contributed by atoms with Gasteiger partial charge in [-0.25, -0.2) is 8.57 Å². The summed E-state index contributed by atoms with van der Waals surface area (Å²) in [4.78, 5) is 0.793. The van der Waals surface area contributed by atoms with Crippen LogP contribution in [0.4, 0.5) is 0 Å². The Morgan fingerprint density at radius 2 is 1.18 bits per heavy atom. The molecule has 0 saturated carbocycles. The van der Waals surface area contributed by atoms with E-state index >= 15 is 0 Å². The summed E-state index contributed by atoms with van der Waals surface area (Å²) in [7, 11) is -2.46. The molecule has 0 N–H and O–H groups in total. The third-order valence-electron chi connectivity index (χ3n) is 7.83. The Hall–Kier alpha value is -4.61. The van der Waals surface area contributed by atoms with Crippen molar-refractivity contribution in [1.29, 1.82) is 0 Å². The molecule has 0 amide bonds. The first kappa shape index (κ1) is 22.4. The fraction of sp³-hybridized carbons (Fsp3) is 0.0588. The van der Waals surface area contributed by atoms with Crippen LogP contribution >= 0.6 is 0 Å². The summed E-state index contributed by atoms with van der Waals surface area (Å²) in [5.41, 5.74) is 8.59. The summed E-state index contributed by atoms with van der Waals surface area (Å²) in [6, 6.07) is 38.6. The minimum Gasteiger partial charge on any atom is -0.307 e. The lowest BCUT2D eigenvalue weighted by Gasteiger charge is -2.17. The Bertz CT molecular complexity index is 2290. The molecule has 5 aromatic carbocycles. The second kappa shape index (κ2) is 7.95. The Morgan fingerprint density at radius 1 is 0.615 bits per heavy atom. The van der Waals surface area contributed by atoms with E-state index in [1.807, 2.05) is 19.1 Å². The van der Waals surface area contributed by atoms with Crippen LogP contribution in [0, 0.1) is 0 Å². The summed E-state index contributed by atoms with van der Waals surface area (Å²) >= 11 is 0. The normalized spacial score (nSPS) is 17.0. The minimum absolute atomic E-state index is 0.793. The lowest BCUT2D eigenvalue weighted by molar-refractivity contribution is 0.679. The van der Waals surface area contributed by atoms with E-state index < -0.39 is 9.73 Å². The monoisotopic (exact) mass is 523 g/mol. The second-order valence-corrected chi connectivity index (χ2v) is 12.5. The van der Waals surface area contributed by atoms with Crippen molar-refractivity contribution in [3.8, 4) is 11.4 Å². The number of fused-ring (bicyclic) bond motifs is 8. The molecule has 0 bridgehead atoms. The van der Waals surface area contributed by atoms with E-state index in [0.29, 0.717) is 0 Å². The molecule has 7 aromatic rings. The highest BCUT2D eigenvalue weighted by Gasteiger charge is 2.22. The van der Waals surface area contributed by atoms with Gasteiger partial charge in [0.05, 0.1) is 36.7 Å². The standard InChI is InChI=1S/C34H25N3OS/c1-22-20-23-21-25(16-19-32(23)39(2,38)35-22)37-31-15-9-7-13-27(31)29-18-17-28-26-12-6-8-14-30(26)36(33(28)34(29)37)24-10-4-3-5-11-24/h3-21H,1-2H3. The zero-order valence-corrected chi connectivity index (χ0v) is 22.4. The molecule has 1 aliphatic heterocycles. The number of nitrogens with zero attached hydrogens (tertiary/aromatic N) is 3. The predicted molar refractivity (Wildman–Crippen MR) is 164 cm³/mol. The van der Waals surface area contributed by atoms with Crippen molar-refractivity contribution in [2.24, 2.45) is 4.36 Å². The van der Waals surface area contributed by atoms with Crippen LogP contribution in [0.2, 0.25) is 0 Å². The van der Waals surface area contributed by atoms with Crippen LogP contribution < -0.4 is 0 Å². The number of para-hydroxylation sites is 3. The molecule has 3 heterocycles. The Labute approximate surface area is 226 Å². The van der Waals surface area contributed by atoms with Crippen LogP contribution in [0.25, 0.3) is 61.1 Å². The van der Waals surface area contributed by atoms with Gasteiger partial charge < -0.3 is 9.13 Å². The van der Waals surface area contributed by atoms with Gasteiger partial charge in [-0.3, -0.25) is 0 Å². The van der Waals surface area contributed by atoms with Crippen molar-refractivity contribution in [3.63, 3.8) is 0 Å². The Balaban J connectivity index is 1.59. The molecule has 0 aliphatic carbocycles. The van der Waals surface area contributed by atoms with Crippen LogP contribution in [-0.2, 0) is 9.73 Å². The molecule has 1 atom stereocenters. The summed E-state index contributed by atoms with van der Waals surface area (Å²) < 4.78 is 22.5. The van der Waals surface area contributed by atoms with Crippen LogP contribution in [0.3, 0.4) is 0 Å². The number of aromatic nitrogens is 2. The average Bonchev–Trinajstić information content (AvgIpc) is 3.46. The number of hydrogen-bond donors (Lipinski definition) is 0. The zero-order chi connectivity index (χ0) is 26.3. The molecular formula is C34H25N3OS. The van der Waals surface area contributed by atoms with Gasteiger partial charge in [-0.05, 0) is 61.0 Å². The first-order chi connectivity index (χ1) is 19.0. The van der Waals surface area contributed by atoms with Gasteiger partial charge in [0.25, 0.3) is 0 Å². The third kappa shape index (κ3) is 3.14. The van der Waals surface area contributed by atoms with Crippen molar-refractivity contribution < 1.29 is 4.21 Å². The number of allylic oxidation sites excluding steroid dienone is 1. The van der Waals surface area contributed by atoms with Crippen LogP contribution in [0.15, 0.2) is 124 Å². The molecule has 188 valence electrons. The molecule has 0 saturated heterocycles. The SMILES string of the molecule is CC1=Cc2cc(-n3c4ccccc4c4ccc5c6ccccc6n(-c6ccccc6)c5c43)ccc2S(C)(=O)=N1. The van der Waals surface area contributed by atoms with Gasteiger partial charge in [0.15, 0.2) is 0 Å². The van der Waals surface area contributed by atoms with Gasteiger partial charge in [0, 0.05) is 44.9 Å². The lowest BCUT2D eigenvalue weighted by Crippen LogP contribution is -2.06. The van der Waals surface area contributed by atoms with Crippen molar-refractivity contribution in [2.75, 3.05) is 6.26 Å². The lowest BCUT2D eigenvalue weighted by atomic mass is 10.1. The maximum atomic E-state index is 13.3. The van der Waals surface area contributed by atoms with Crippen LogP contribution in [-0.4, -0.2) is 19.6 Å². The fourth-order valence-electron chi connectivity index (χ4n) is 6.32. The Morgan fingerprint density at radius 3 is 1.82 bits per heavy atom. The van der Waals surface area contributed by atoms with E-state index in [0.717, 1.165) is 38.6 Å². The van der Waals surface area contributed by atoms with Gasteiger partial charge in [-0.2, -0.15) is 0 Å². The van der Waals surface area contributed by atoms with Crippen molar-refractivity contribution in [3.05, 3.63) is 120 Å². The van der Waals surface area contributed by atoms with Gasteiger partial charge in [-0.1, -0.05) is 66.7 Å². The van der Waals surface area contributed by atoms with Gasteiger partial charge in [-0.15, -0.1) is 0 Å². The molecule has 4 nitrogen and oxygen atoms in total. The number of rotatable bonds is 2. The van der Waals surface area contributed by atoms with Gasteiger partial charge in [0.2, 0.25) is 0 Å². The molecule has 0 fully saturated rings. The molecule has 39 heavy (non-hydrogen) atoms.